The molecule has 2 aromatic rings. The molecular weight excluding hydrogens is 386 g/mol. The molecule has 0 fully saturated rings. The van der Waals surface area contributed by atoms with Gasteiger partial charge in [-0.15, -0.1) is 0 Å². The lowest BCUT2D eigenvalue weighted by Crippen LogP contribution is -2.20. The van der Waals surface area contributed by atoms with E-state index in [2.05, 4.69) is 53.0 Å². The molecule has 160 valence electrons. The number of nitrogens with zero attached hydrogens (tertiary/aromatic N) is 4. The van der Waals surface area contributed by atoms with Crippen molar-refractivity contribution >= 4 is 35.6 Å². The highest BCUT2D eigenvalue weighted by atomic mass is 16.1. The van der Waals surface area contributed by atoms with Crippen LogP contribution >= 0.6 is 0 Å². The van der Waals surface area contributed by atoms with Crippen LogP contribution in [0.2, 0.25) is 0 Å². The Morgan fingerprint density at radius 3 is 2.68 bits per heavy atom. The second-order valence-corrected chi connectivity index (χ2v) is 7.85. The van der Waals surface area contributed by atoms with E-state index >= 15 is 0 Å². The van der Waals surface area contributed by atoms with Crippen LogP contribution in [0.1, 0.15) is 77.7 Å². The predicted molar refractivity (Wildman–Crippen MR) is 129 cm³/mol. The number of amides is 1. The third-order valence-electron chi connectivity index (χ3n) is 5.26. The average Bonchev–Trinajstić information content (AvgIpc) is 3.43. The van der Waals surface area contributed by atoms with Gasteiger partial charge in [0, 0.05) is 48.4 Å². The molecule has 31 heavy (non-hydrogen) atoms. The number of aliphatic imine (C=N–C) groups is 2. The molecule has 0 bridgehead atoms. The van der Waals surface area contributed by atoms with Crippen LogP contribution in [0.4, 0.5) is 0 Å². The zero-order valence-electron chi connectivity index (χ0n) is 19.1. The summed E-state index contributed by atoms with van der Waals surface area (Å²) in [6.07, 6.45) is 5.52. The summed E-state index contributed by atoms with van der Waals surface area (Å²) in [5, 5.41) is 2.76. The van der Waals surface area contributed by atoms with Crippen LogP contribution in [0, 0.1) is 6.92 Å². The Hall–Kier alpha value is -3.41. The van der Waals surface area contributed by atoms with Crippen molar-refractivity contribution in [2.75, 3.05) is 13.6 Å². The monoisotopic (exact) mass is 415 g/mol. The molecular formula is C25H29N5O. The molecule has 0 saturated heterocycles. The number of aromatic nitrogens is 2. The van der Waals surface area contributed by atoms with Gasteiger partial charge in [-0.2, -0.15) is 0 Å². The van der Waals surface area contributed by atoms with Gasteiger partial charge in [-0.25, -0.2) is 9.97 Å². The maximum absolute atomic E-state index is 12.6. The van der Waals surface area contributed by atoms with Gasteiger partial charge in [0.05, 0.1) is 11.3 Å². The third kappa shape index (κ3) is 4.53. The van der Waals surface area contributed by atoms with Crippen molar-refractivity contribution in [3.63, 3.8) is 0 Å². The molecule has 1 amide bonds. The second-order valence-electron chi connectivity index (χ2n) is 7.85. The number of carbonyl (C=O) groups excluding carboxylic acids is 1. The Bertz CT molecular complexity index is 1140. The van der Waals surface area contributed by atoms with Gasteiger partial charge >= 0.3 is 0 Å². The average molecular weight is 416 g/mol. The van der Waals surface area contributed by atoms with Crippen LogP contribution in [0.3, 0.4) is 0 Å². The van der Waals surface area contributed by atoms with Crippen LogP contribution in [-0.2, 0) is 0 Å². The summed E-state index contributed by atoms with van der Waals surface area (Å²) in [5.74, 6) is 0.756. The van der Waals surface area contributed by atoms with Gasteiger partial charge in [-0.3, -0.25) is 14.8 Å². The zero-order chi connectivity index (χ0) is 22.7. The highest BCUT2D eigenvalue weighted by molar-refractivity contribution is 6.22. The minimum atomic E-state index is -0.0948. The quantitative estimate of drug-likeness (QED) is 0.568. The number of aryl methyl sites for hydroxylation is 1. The smallest absolute Gasteiger partial charge is 0.251 e. The van der Waals surface area contributed by atoms with E-state index in [0.717, 1.165) is 44.8 Å². The van der Waals surface area contributed by atoms with Gasteiger partial charge in [0.1, 0.15) is 0 Å². The molecule has 1 heterocycles. The number of nitrogens with one attached hydrogen (secondary N) is 1. The first kappa shape index (κ1) is 22.3. The summed E-state index contributed by atoms with van der Waals surface area (Å²) in [7, 11) is 1.65. The van der Waals surface area contributed by atoms with Crippen molar-refractivity contribution < 1.29 is 4.79 Å². The minimum Gasteiger partial charge on any atom is -0.355 e. The molecule has 6 heteroatoms. The van der Waals surface area contributed by atoms with E-state index in [1.807, 2.05) is 33.0 Å². The fourth-order valence-corrected chi connectivity index (χ4v) is 3.65. The van der Waals surface area contributed by atoms with E-state index in [0.29, 0.717) is 17.9 Å². The predicted octanol–water partition coefficient (Wildman–Crippen LogP) is 4.69. The highest BCUT2D eigenvalue weighted by Gasteiger charge is 2.30. The molecule has 1 aliphatic carbocycles. The van der Waals surface area contributed by atoms with Crippen LogP contribution in [0.5, 0.6) is 0 Å². The van der Waals surface area contributed by atoms with Crippen LogP contribution in [0.25, 0.3) is 17.2 Å². The standard InChI is InChI=1S/C25H29N5O/c1-8-28-16(5)21(12-26-6)24-29-13-22-19(23(22)30-24)11-18-17(14(2)3)9-15(4)10-20(18)25(31)27-7/h9-14H,6,8H2,1-5,7H3,(H,27,31)/b19-11+,21-12+,28-16?. The molecule has 1 aliphatic rings. The lowest BCUT2D eigenvalue weighted by Gasteiger charge is -2.15. The van der Waals surface area contributed by atoms with E-state index in [1.165, 1.54) is 0 Å². The van der Waals surface area contributed by atoms with Crippen LogP contribution in [0.15, 0.2) is 34.5 Å². The van der Waals surface area contributed by atoms with Crippen LogP contribution < -0.4 is 5.32 Å². The lowest BCUT2D eigenvalue weighted by atomic mass is 9.90. The summed E-state index contributed by atoms with van der Waals surface area (Å²) >= 11 is 0. The number of carbonyl (C=O) groups is 1. The number of allylic oxidation sites excluding steroid dienone is 1. The SMILES string of the molecule is C=N/C=C(\C(C)=NCC)c1ncc2c(n1)/C2=C/c1c(C(=O)NC)cc(C)cc1C(C)C. The zero-order valence-corrected chi connectivity index (χ0v) is 19.1. The number of rotatable bonds is 7. The summed E-state index contributed by atoms with van der Waals surface area (Å²) in [6.45, 7) is 14.4. The molecule has 6 nitrogen and oxygen atoms in total. The maximum atomic E-state index is 12.6. The Morgan fingerprint density at radius 2 is 2.06 bits per heavy atom. The largest absolute Gasteiger partial charge is 0.355 e. The van der Waals surface area contributed by atoms with E-state index in [1.54, 1.807) is 13.2 Å². The van der Waals surface area contributed by atoms with E-state index in [-0.39, 0.29) is 11.8 Å². The Balaban J connectivity index is 2.09. The minimum absolute atomic E-state index is 0.0948. The van der Waals surface area contributed by atoms with E-state index in [9.17, 15) is 4.79 Å². The number of fused-ring (bicyclic) bond motifs is 1. The molecule has 1 aromatic carbocycles. The van der Waals surface area contributed by atoms with E-state index < -0.39 is 0 Å². The van der Waals surface area contributed by atoms with Gasteiger partial charge in [0.2, 0.25) is 0 Å². The Kier molecular flexibility index (Phi) is 6.59. The van der Waals surface area contributed by atoms with Gasteiger partial charge < -0.3 is 5.32 Å². The molecule has 0 saturated carbocycles. The number of benzene rings is 1. The third-order valence-corrected chi connectivity index (χ3v) is 5.26. The van der Waals surface area contributed by atoms with Crippen LogP contribution in [-0.4, -0.2) is 41.9 Å². The topological polar surface area (TPSA) is 79.6 Å². The van der Waals surface area contributed by atoms with Crippen molar-refractivity contribution in [3.8, 4) is 0 Å². The molecule has 0 unspecified atom stereocenters. The van der Waals surface area contributed by atoms with Gasteiger partial charge in [0.25, 0.3) is 5.91 Å². The maximum Gasteiger partial charge on any atom is 0.251 e. The normalized spacial score (nSPS) is 14.6. The fourth-order valence-electron chi connectivity index (χ4n) is 3.65. The van der Waals surface area contributed by atoms with Crippen molar-refractivity contribution in [2.45, 2.75) is 40.5 Å². The first-order chi connectivity index (χ1) is 14.8. The molecule has 1 aromatic heterocycles. The summed E-state index contributed by atoms with van der Waals surface area (Å²) in [5.41, 5.74) is 8.29. The first-order valence-corrected chi connectivity index (χ1v) is 10.5. The summed E-state index contributed by atoms with van der Waals surface area (Å²) < 4.78 is 0. The van der Waals surface area contributed by atoms with Gasteiger partial charge in [0.15, 0.2) is 5.82 Å². The number of hydrogen-bond acceptors (Lipinski definition) is 5. The summed E-state index contributed by atoms with van der Waals surface area (Å²) in [6, 6.07) is 4.08. The van der Waals surface area contributed by atoms with Crippen molar-refractivity contribution in [2.24, 2.45) is 9.98 Å². The van der Waals surface area contributed by atoms with E-state index in [4.69, 9.17) is 4.98 Å². The van der Waals surface area contributed by atoms with Crippen molar-refractivity contribution in [3.05, 3.63) is 63.9 Å². The molecule has 3 rings (SSSR count). The second kappa shape index (κ2) is 9.16. The summed E-state index contributed by atoms with van der Waals surface area (Å²) in [4.78, 5) is 30.2. The molecule has 0 aliphatic heterocycles. The molecule has 0 radical (unpaired) electrons. The van der Waals surface area contributed by atoms with Crippen molar-refractivity contribution in [1.82, 2.24) is 15.3 Å². The van der Waals surface area contributed by atoms with Gasteiger partial charge in [-0.1, -0.05) is 25.5 Å². The Labute approximate surface area is 184 Å². The Morgan fingerprint density at radius 1 is 1.32 bits per heavy atom. The first-order valence-electron chi connectivity index (χ1n) is 10.5. The van der Waals surface area contributed by atoms with Gasteiger partial charge in [-0.05, 0) is 56.7 Å². The molecule has 0 spiro atoms. The molecule has 0 atom stereocenters. The lowest BCUT2D eigenvalue weighted by molar-refractivity contribution is 0.0962. The fraction of sp³-hybridized carbons (Fsp3) is 0.320. The number of hydrogen-bond donors (Lipinski definition) is 1. The molecule has 1 N–H and O–H groups in total. The van der Waals surface area contributed by atoms with Crippen molar-refractivity contribution in [1.29, 1.82) is 0 Å². The highest BCUT2D eigenvalue weighted by Crippen LogP contribution is 2.43.